The van der Waals surface area contributed by atoms with Crippen molar-refractivity contribution in [3.05, 3.63) is 17.1 Å². The Balaban J connectivity index is 2.11. The summed E-state index contributed by atoms with van der Waals surface area (Å²) in [5.74, 6) is 0.581. The summed E-state index contributed by atoms with van der Waals surface area (Å²) in [6.45, 7) is 0. The first kappa shape index (κ1) is 8.20. The molecule has 2 rings (SSSR count). The molecule has 0 radical (unpaired) electrons. The largest absolute Gasteiger partial charge is 0.327 e. The van der Waals surface area contributed by atoms with Crippen LogP contribution in [-0.4, -0.2) is 10.4 Å². The van der Waals surface area contributed by atoms with Crippen LogP contribution in [0.25, 0.3) is 0 Å². The summed E-state index contributed by atoms with van der Waals surface area (Å²) in [7, 11) is 0. The van der Waals surface area contributed by atoms with E-state index in [9.17, 15) is 0 Å². The Morgan fingerprint density at radius 2 is 2.25 bits per heavy atom. The molecule has 2 atom stereocenters. The van der Waals surface area contributed by atoms with E-state index < -0.39 is 0 Å². The fraction of sp³-hybridized carbons (Fsp3) is 0.667. The van der Waals surface area contributed by atoms with Gasteiger partial charge in [-0.3, -0.25) is 0 Å². The molecule has 0 aromatic carbocycles. The van der Waals surface area contributed by atoms with E-state index >= 15 is 0 Å². The lowest BCUT2D eigenvalue weighted by Gasteiger charge is -2.27. The minimum atomic E-state index is 0.371. The number of nitrogens with zero attached hydrogens (tertiary/aromatic N) is 1. The van der Waals surface area contributed by atoms with Crippen LogP contribution in [-0.2, 0) is 0 Å². The molecule has 0 amide bonds. The Bertz CT molecular complexity index is 233. The van der Waals surface area contributed by atoms with Crippen molar-refractivity contribution in [2.24, 2.45) is 5.73 Å². The van der Waals surface area contributed by atoms with Gasteiger partial charge in [-0.2, -0.15) is 0 Å². The van der Waals surface area contributed by atoms with Gasteiger partial charge < -0.3 is 5.73 Å². The minimum absolute atomic E-state index is 0.371. The average Bonchev–Trinajstić information content (AvgIpc) is 2.57. The van der Waals surface area contributed by atoms with Crippen LogP contribution in [0, 0.1) is 0 Å². The van der Waals surface area contributed by atoms with E-state index in [1.54, 1.807) is 0 Å². The van der Waals surface area contributed by atoms with Gasteiger partial charge in [-0.05, 0) is 29.9 Å². The Hall–Kier alpha value is -0.410. The molecular formula is C9H14N2S. The first-order chi connectivity index (χ1) is 5.88. The Morgan fingerprint density at radius 1 is 1.42 bits per heavy atom. The maximum atomic E-state index is 6.05. The summed E-state index contributed by atoms with van der Waals surface area (Å²) in [4.78, 5) is 0. The van der Waals surface area contributed by atoms with E-state index in [0.29, 0.717) is 12.0 Å². The van der Waals surface area contributed by atoms with Crippen LogP contribution in [0.15, 0.2) is 11.6 Å². The fourth-order valence-electron chi connectivity index (χ4n) is 1.97. The molecule has 1 aliphatic carbocycles. The van der Waals surface area contributed by atoms with Crippen molar-refractivity contribution >= 4 is 11.5 Å². The van der Waals surface area contributed by atoms with E-state index in [1.807, 2.05) is 6.20 Å². The summed E-state index contributed by atoms with van der Waals surface area (Å²) in [6.07, 6.45) is 7.03. The Labute approximate surface area is 77.0 Å². The van der Waals surface area contributed by atoms with Crippen molar-refractivity contribution in [3.63, 3.8) is 0 Å². The van der Waals surface area contributed by atoms with Crippen molar-refractivity contribution in [1.29, 1.82) is 0 Å². The maximum Gasteiger partial charge on any atom is 0.0442 e. The molecule has 1 aromatic heterocycles. The molecule has 1 aromatic rings. The number of nitrogens with two attached hydrogens (primary N) is 1. The van der Waals surface area contributed by atoms with E-state index in [2.05, 4.69) is 9.75 Å². The monoisotopic (exact) mass is 182 g/mol. The predicted molar refractivity (Wildman–Crippen MR) is 51.3 cm³/mol. The van der Waals surface area contributed by atoms with E-state index in [-0.39, 0.29) is 0 Å². The van der Waals surface area contributed by atoms with Crippen LogP contribution >= 0.6 is 11.5 Å². The van der Waals surface area contributed by atoms with Crippen LogP contribution in [0.3, 0.4) is 0 Å². The van der Waals surface area contributed by atoms with Crippen LogP contribution < -0.4 is 5.73 Å². The Kier molecular flexibility index (Phi) is 2.42. The first-order valence-electron chi connectivity index (χ1n) is 4.53. The molecule has 12 heavy (non-hydrogen) atoms. The predicted octanol–water partition coefficient (Wildman–Crippen LogP) is 2.13. The number of rotatable bonds is 1. The quantitative estimate of drug-likeness (QED) is 0.722. The van der Waals surface area contributed by atoms with Gasteiger partial charge in [-0.1, -0.05) is 12.8 Å². The van der Waals surface area contributed by atoms with E-state index in [4.69, 9.17) is 5.73 Å². The molecular weight excluding hydrogens is 168 g/mol. The molecule has 1 heterocycles. The summed E-state index contributed by atoms with van der Waals surface area (Å²) in [6, 6.07) is 0.371. The van der Waals surface area contributed by atoms with Gasteiger partial charge in [0.1, 0.15) is 0 Å². The molecule has 0 bridgehead atoms. The third-order valence-corrected chi connectivity index (χ3v) is 3.30. The van der Waals surface area contributed by atoms with Gasteiger partial charge >= 0.3 is 0 Å². The van der Waals surface area contributed by atoms with Gasteiger partial charge in [0.2, 0.25) is 0 Å². The van der Waals surface area contributed by atoms with Crippen LogP contribution in [0.2, 0.25) is 0 Å². The highest BCUT2D eigenvalue weighted by Gasteiger charge is 2.23. The normalized spacial score (nSPS) is 30.4. The topological polar surface area (TPSA) is 38.9 Å². The van der Waals surface area contributed by atoms with Gasteiger partial charge in [-0.25, -0.2) is 4.37 Å². The van der Waals surface area contributed by atoms with Gasteiger partial charge in [0.15, 0.2) is 0 Å². The third kappa shape index (κ3) is 1.52. The van der Waals surface area contributed by atoms with Crippen molar-refractivity contribution in [2.75, 3.05) is 0 Å². The van der Waals surface area contributed by atoms with Crippen molar-refractivity contribution in [3.8, 4) is 0 Å². The third-order valence-electron chi connectivity index (χ3n) is 2.70. The van der Waals surface area contributed by atoms with Crippen LogP contribution in [0.5, 0.6) is 0 Å². The maximum absolute atomic E-state index is 6.05. The van der Waals surface area contributed by atoms with Gasteiger partial charge in [-0.15, -0.1) is 0 Å². The number of hydrogen-bond acceptors (Lipinski definition) is 3. The van der Waals surface area contributed by atoms with E-state index in [0.717, 1.165) is 0 Å². The number of hydrogen-bond donors (Lipinski definition) is 1. The molecule has 2 N–H and O–H groups in total. The Morgan fingerprint density at radius 3 is 2.92 bits per heavy atom. The molecule has 0 aliphatic heterocycles. The van der Waals surface area contributed by atoms with Crippen molar-refractivity contribution in [2.45, 2.75) is 37.6 Å². The second-order valence-corrected chi connectivity index (χ2v) is 4.17. The second-order valence-electron chi connectivity index (χ2n) is 3.51. The highest BCUT2D eigenvalue weighted by Crippen LogP contribution is 2.31. The molecule has 2 unspecified atom stereocenters. The SMILES string of the molecule is NC1CCCCC1c1cnsc1. The average molecular weight is 182 g/mol. The highest BCUT2D eigenvalue weighted by atomic mass is 32.1. The molecule has 1 saturated carbocycles. The van der Waals surface area contributed by atoms with E-state index in [1.165, 1.54) is 42.8 Å². The standard InChI is InChI=1S/C9H14N2S/c10-9-4-2-1-3-8(9)7-5-11-12-6-7/h5-6,8-9H,1-4,10H2. The van der Waals surface area contributed by atoms with Gasteiger partial charge in [0.05, 0.1) is 0 Å². The molecule has 2 nitrogen and oxygen atoms in total. The highest BCUT2D eigenvalue weighted by molar-refractivity contribution is 7.03. The summed E-state index contributed by atoms with van der Waals surface area (Å²) < 4.78 is 4.12. The van der Waals surface area contributed by atoms with Crippen molar-refractivity contribution < 1.29 is 0 Å². The zero-order chi connectivity index (χ0) is 8.39. The summed E-state index contributed by atoms with van der Waals surface area (Å²) in [5, 5.41) is 2.13. The van der Waals surface area contributed by atoms with Gasteiger partial charge in [0, 0.05) is 23.5 Å². The fourth-order valence-corrected chi connectivity index (χ4v) is 2.57. The molecule has 1 aliphatic rings. The lowest BCUT2D eigenvalue weighted by atomic mass is 9.82. The lowest BCUT2D eigenvalue weighted by molar-refractivity contribution is 0.386. The van der Waals surface area contributed by atoms with Crippen LogP contribution in [0.4, 0.5) is 0 Å². The van der Waals surface area contributed by atoms with Gasteiger partial charge in [0.25, 0.3) is 0 Å². The zero-order valence-corrected chi connectivity index (χ0v) is 7.89. The second kappa shape index (κ2) is 3.54. The lowest BCUT2D eigenvalue weighted by Crippen LogP contribution is -2.31. The summed E-state index contributed by atoms with van der Waals surface area (Å²) in [5.41, 5.74) is 7.40. The zero-order valence-electron chi connectivity index (χ0n) is 7.07. The van der Waals surface area contributed by atoms with Crippen molar-refractivity contribution in [1.82, 2.24) is 4.37 Å². The molecule has 3 heteroatoms. The summed E-state index contributed by atoms with van der Waals surface area (Å²) >= 11 is 1.53. The minimum Gasteiger partial charge on any atom is -0.327 e. The number of aromatic nitrogens is 1. The molecule has 0 saturated heterocycles. The molecule has 0 spiro atoms. The smallest absolute Gasteiger partial charge is 0.0442 e. The molecule has 66 valence electrons. The van der Waals surface area contributed by atoms with Crippen LogP contribution in [0.1, 0.15) is 37.2 Å². The molecule has 1 fully saturated rings. The first-order valence-corrected chi connectivity index (χ1v) is 5.36.